The maximum Gasteiger partial charge on any atom is 0.410 e. The Morgan fingerprint density at radius 3 is 2.33 bits per heavy atom. The van der Waals surface area contributed by atoms with Crippen molar-refractivity contribution in [3.63, 3.8) is 0 Å². The molecule has 1 aliphatic carbocycles. The molecule has 30 heavy (non-hydrogen) atoms. The molecular weight excluding hydrogens is 382 g/mol. The van der Waals surface area contributed by atoms with Gasteiger partial charge in [-0.3, -0.25) is 4.90 Å². The SMILES string of the molecule is CC(C)(C)OC(=O)N1C2CCC1[C@@H](OC(=O)[C@](O)(c1ccccc1)C1CCCC1)C2. The van der Waals surface area contributed by atoms with Gasteiger partial charge >= 0.3 is 12.1 Å². The quantitative estimate of drug-likeness (QED) is 0.748. The summed E-state index contributed by atoms with van der Waals surface area (Å²) in [6.45, 7) is 5.55. The van der Waals surface area contributed by atoms with E-state index in [1.807, 2.05) is 39.0 Å². The maximum atomic E-state index is 13.4. The van der Waals surface area contributed by atoms with E-state index in [0.717, 1.165) is 38.5 Å². The van der Waals surface area contributed by atoms with Crippen molar-refractivity contribution in [1.29, 1.82) is 0 Å². The number of aliphatic hydroxyl groups is 1. The number of nitrogens with zero attached hydrogens (tertiary/aromatic N) is 1. The van der Waals surface area contributed by atoms with E-state index in [2.05, 4.69) is 0 Å². The van der Waals surface area contributed by atoms with Crippen LogP contribution < -0.4 is 0 Å². The van der Waals surface area contributed by atoms with Crippen molar-refractivity contribution in [1.82, 2.24) is 4.90 Å². The average Bonchev–Trinajstić information content (AvgIpc) is 3.43. The van der Waals surface area contributed by atoms with Crippen LogP contribution in [-0.4, -0.2) is 45.9 Å². The largest absolute Gasteiger partial charge is 0.458 e. The third-order valence-corrected chi connectivity index (χ3v) is 6.81. The van der Waals surface area contributed by atoms with Gasteiger partial charge in [-0.25, -0.2) is 9.59 Å². The molecule has 2 saturated heterocycles. The van der Waals surface area contributed by atoms with Gasteiger partial charge in [-0.2, -0.15) is 0 Å². The topological polar surface area (TPSA) is 76.1 Å². The van der Waals surface area contributed by atoms with Crippen LogP contribution in [0.2, 0.25) is 0 Å². The van der Waals surface area contributed by atoms with Gasteiger partial charge in [0, 0.05) is 18.4 Å². The minimum absolute atomic E-state index is 0.0268. The molecule has 1 saturated carbocycles. The Bertz CT molecular complexity index is 783. The number of ether oxygens (including phenoxy) is 2. The minimum Gasteiger partial charge on any atom is -0.458 e. The highest BCUT2D eigenvalue weighted by molar-refractivity contribution is 5.82. The monoisotopic (exact) mass is 415 g/mol. The molecule has 6 heteroatoms. The summed E-state index contributed by atoms with van der Waals surface area (Å²) < 4.78 is 11.5. The second kappa shape index (κ2) is 7.88. The fourth-order valence-corrected chi connectivity index (χ4v) is 5.44. The molecule has 3 aliphatic rings. The van der Waals surface area contributed by atoms with Crippen LogP contribution in [0.1, 0.15) is 71.3 Å². The fourth-order valence-electron chi connectivity index (χ4n) is 5.44. The standard InChI is InChI=1S/C24H33NO5/c1-23(2,3)30-22(27)25-18-13-14-19(25)20(15-18)29-21(26)24(28,17-11-7-8-12-17)16-9-5-4-6-10-16/h4-6,9-10,17-20,28H,7-8,11-15H2,1-3H3/t18?,19?,20-,24-/m0/s1. The minimum atomic E-state index is -1.64. The zero-order valence-electron chi connectivity index (χ0n) is 18.2. The second-order valence-corrected chi connectivity index (χ2v) is 9.98. The molecule has 0 aromatic heterocycles. The molecular formula is C24H33NO5. The zero-order valence-corrected chi connectivity index (χ0v) is 18.2. The molecule has 1 aromatic carbocycles. The fraction of sp³-hybridized carbons (Fsp3) is 0.667. The Morgan fingerprint density at radius 2 is 1.70 bits per heavy atom. The van der Waals surface area contributed by atoms with Crippen molar-refractivity contribution in [2.45, 2.75) is 95.1 Å². The van der Waals surface area contributed by atoms with Crippen molar-refractivity contribution >= 4 is 12.1 Å². The molecule has 4 rings (SSSR count). The first-order chi connectivity index (χ1) is 14.2. The average molecular weight is 416 g/mol. The normalized spacial score (nSPS) is 28.4. The lowest BCUT2D eigenvalue weighted by atomic mass is 9.80. The number of hydrogen-bond acceptors (Lipinski definition) is 5. The molecule has 0 spiro atoms. The number of esters is 1. The summed E-state index contributed by atoms with van der Waals surface area (Å²) in [4.78, 5) is 27.8. The van der Waals surface area contributed by atoms with E-state index >= 15 is 0 Å². The molecule has 6 nitrogen and oxygen atoms in total. The molecule has 164 valence electrons. The summed E-state index contributed by atoms with van der Waals surface area (Å²) in [5, 5.41) is 11.6. The van der Waals surface area contributed by atoms with Crippen LogP contribution in [0, 0.1) is 5.92 Å². The van der Waals surface area contributed by atoms with Gasteiger partial charge in [0.05, 0.1) is 6.04 Å². The molecule has 2 heterocycles. The Morgan fingerprint density at radius 1 is 1.03 bits per heavy atom. The molecule has 4 atom stereocenters. The zero-order chi connectivity index (χ0) is 21.5. The molecule has 1 aromatic rings. The lowest BCUT2D eigenvalue weighted by Crippen LogP contribution is -2.47. The Kier molecular flexibility index (Phi) is 5.56. The van der Waals surface area contributed by atoms with Crippen molar-refractivity contribution < 1.29 is 24.2 Å². The van der Waals surface area contributed by atoms with Gasteiger partial charge in [0.2, 0.25) is 0 Å². The van der Waals surface area contributed by atoms with Gasteiger partial charge in [0.25, 0.3) is 0 Å². The van der Waals surface area contributed by atoms with E-state index in [1.165, 1.54) is 0 Å². The molecule has 1 amide bonds. The third kappa shape index (κ3) is 3.82. The molecule has 1 N–H and O–H groups in total. The number of amides is 1. The Hall–Kier alpha value is -2.08. The Labute approximate surface area is 178 Å². The highest BCUT2D eigenvalue weighted by Gasteiger charge is 2.54. The van der Waals surface area contributed by atoms with Crippen LogP contribution in [0.15, 0.2) is 30.3 Å². The van der Waals surface area contributed by atoms with Gasteiger partial charge in [-0.1, -0.05) is 43.2 Å². The van der Waals surface area contributed by atoms with Crippen LogP contribution in [0.4, 0.5) is 4.79 Å². The maximum absolute atomic E-state index is 13.4. The van der Waals surface area contributed by atoms with E-state index in [9.17, 15) is 14.7 Å². The number of carbonyl (C=O) groups excluding carboxylic acids is 2. The molecule has 0 radical (unpaired) electrons. The summed E-state index contributed by atoms with van der Waals surface area (Å²) >= 11 is 0. The predicted octanol–water partition coefficient (Wildman–Crippen LogP) is 4.15. The first-order valence-electron chi connectivity index (χ1n) is 11.2. The lowest BCUT2D eigenvalue weighted by molar-refractivity contribution is -0.180. The molecule has 2 aliphatic heterocycles. The number of hydrogen-bond donors (Lipinski definition) is 1. The number of fused-ring (bicyclic) bond motifs is 2. The van der Waals surface area contributed by atoms with Crippen molar-refractivity contribution in [3.05, 3.63) is 35.9 Å². The molecule has 2 bridgehead atoms. The van der Waals surface area contributed by atoms with E-state index < -0.39 is 23.3 Å². The summed E-state index contributed by atoms with van der Waals surface area (Å²) in [5.41, 5.74) is -1.62. The van der Waals surface area contributed by atoms with Crippen LogP contribution in [0.25, 0.3) is 0 Å². The van der Waals surface area contributed by atoms with Crippen LogP contribution in [-0.2, 0) is 19.9 Å². The number of rotatable bonds is 4. The third-order valence-electron chi connectivity index (χ3n) is 6.81. The summed E-state index contributed by atoms with van der Waals surface area (Å²) in [6, 6.07) is 8.99. The van der Waals surface area contributed by atoms with Crippen molar-refractivity contribution in [2.24, 2.45) is 5.92 Å². The van der Waals surface area contributed by atoms with E-state index in [-0.39, 0.29) is 24.1 Å². The first kappa shape index (κ1) is 21.2. The van der Waals surface area contributed by atoms with Gasteiger partial charge in [-0.15, -0.1) is 0 Å². The van der Waals surface area contributed by atoms with Gasteiger partial charge in [-0.05, 0) is 52.0 Å². The summed E-state index contributed by atoms with van der Waals surface area (Å²) in [7, 11) is 0. The van der Waals surface area contributed by atoms with Crippen LogP contribution in [0.3, 0.4) is 0 Å². The van der Waals surface area contributed by atoms with Gasteiger partial charge < -0.3 is 14.6 Å². The van der Waals surface area contributed by atoms with Gasteiger partial charge in [0.1, 0.15) is 11.7 Å². The van der Waals surface area contributed by atoms with Crippen LogP contribution in [0.5, 0.6) is 0 Å². The van der Waals surface area contributed by atoms with Crippen LogP contribution >= 0.6 is 0 Å². The highest BCUT2D eigenvalue weighted by Crippen LogP contribution is 2.44. The molecule has 3 fully saturated rings. The van der Waals surface area contributed by atoms with Gasteiger partial charge in [0.15, 0.2) is 5.60 Å². The van der Waals surface area contributed by atoms with E-state index in [0.29, 0.717) is 12.0 Å². The van der Waals surface area contributed by atoms with Crippen molar-refractivity contribution in [2.75, 3.05) is 0 Å². The summed E-state index contributed by atoms with van der Waals surface area (Å²) in [5.74, 6) is -0.727. The predicted molar refractivity (Wildman–Crippen MR) is 112 cm³/mol. The first-order valence-corrected chi connectivity index (χ1v) is 11.2. The highest BCUT2D eigenvalue weighted by atomic mass is 16.6. The van der Waals surface area contributed by atoms with Crippen molar-refractivity contribution in [3.8, 4) is 0 Å². The van der Waals surface area contributed by atoms with E-state index in [4.69, 9.17) is 9.47 Å². The number of carbonyl (C=O) groups is 2. The smallest absolute Gasteiger partial charge is 0.410 e. The Balaban J connectivity index is 1.52. The summed E-state index contributed by atoms with van der Waals surface area (Å²) in [6.07, 6.45) is 5.16. The lowest BCUT2D eigenvalue weighted by Gasteiger charge is -2.34. The second-order valence-electron chi connectivity index (χ2n) is 9.98. The molecule has 2 unspecified atom stereocenters. The number of benzene rings is 1. The van der Waals surface area contributed by atoms with E-state index in [1.54, 1.807) is 17.0 Å².